The fraction of sp³-hybridized carbons (Fsp3) is 0.474. The Morgan fingerprint density at radius 1 is 1.29 bits per heavy atom. The summed E-state index contributed by atoms with van der Waals surface area (Å²) in [4.78, 5) is 17.4. The Bertz CT molecular complexity index is 690. The molecule has 5 heteroatoms. The van der Waals surface area contributed by atoms with Crippen LogP contribution in [0.3, 0.4) is 0 Å². The van der Waals surface area contributed by atoms with Crippen molar-refractivity contribution in [1.29, 1.82) is 0 Å². The lowest BCUT2D eigenvalue weighted by atomic mass is 9.94. The largest absolute Gasteiger partial charge is 0.465 e. The molecule has 0 amide bonds. The molecule has 130 valence electrons. The van der Waals surface area contributed by atoms with Gasteiger partial charge in [-0.25, -0.2) is 4.79 Å². The van der Waals surface area contributed by atoms with E-state index < -0.39 is 0 Å². The summed E-state index contributed by atoms with van der Waals surface area (Å²) in [5, 5.41) is 4.20. The van der Waals surface area contributed by atoms with Gasteiger partial charge in [0.1, 0.15) is 12.2 Å². The summed E-state index contributed by atoms with van der Waals surface area (Å²) in [6.45, 7) is 10.0. The fourth-order valence-electron chi connectivity index (χ4n) is 2.68. The maximum Gasteiger partial charge on any atom is 0.338 e. The van der Waals surface area contributed by atoms with Gasteiger partial charge in [-0.3, -0.25) is 0 Å². The summed E-state index contributed by atoms with van der Waals surface area (Å²) in [7, 11) is 1.37. The molecule has 1 fully saturated rings. The average Bonchev–Trinajstić information content (AvgIpc) is 3.08. The van der Waals surface area contributed by atoms with Gasteiger partial charge in [-0.05, 0) is 40.2 Å². The molecule has 0 N–H and O–H groups in total. The average molecular weight is 331 g/mol. The van der Waals surface area contributed by atoms with Crippen LogP contribution in [-0.4, -0.2) is 30.0 Å². The standard InChI is InChI=1S/C19H25NO4/c1-7-15(17(21)22-6)16-11-9-8-10-14(16)12-23-20-13(2)19(5)18(3,4)24-19/h7-11H,12H2,1-6H3/b15-7+,20-13+. The third-order valence-corrected chi connectivity index (χ3v) is 4.68. The molecule has 1 aliphatic heterocycles. The lowest BCUT2D eigenvalue weighted by Gasteiger charge is -2.12. The summed E-state index contributed by atoms with van der Waals surface area (Å²) in [6.07, 6.45) is 1.74. The van der Waals surface area contributed by atoms with Crippen molar-refractivity contribution >= 4 is 17.3 Å². The van der Waals surface area contributed by atoms with Crippen LogP contribution in [-0.2, 0) is 25.7 Å². The minimum Gasteiger partial charge on any atom is -0.465 e. The summed E-state index contributed by atoms with van der Waals surface area (Å²) in [5.74, 6) is -0.370. The number of rotatable bonds is 6. The molecule has 24 heavy (non-hydrogen) atoms. The lowest BCUT2D eigenvalue weighted by molar-refractivity contribution is -0.133. The number of carbonyl (C=O) groups excluding carboxylic acids is 1. The second-order valence-corrected chi connectivity index (χ2v) is 6.45. The molecule has 0 spiro atoms. The van der Waals surface area contributed by atoms with Gasteiger partial charge in [0.25, 0.3) is 0 Å². The number of allylic oxidation sites excluding steroid dienone is 1. The molecule has 1 heterocycles. The van der Waals surface area contributed by atoms with Crippen LogP contribution in [0.4, 0.5) is 0 Å². The smallest absolute Gasteiger partial charge is 0.338 e. The highest BCUT2D eigenvalue weighted by Gasteiger charge is 2.62. The van der Waals surface area contributed by atoms with Gasteiger partial charge in [0.2, 0.25) is 0 Å². The van der Waals surface area contributed by atoms with E-state index in [0.717, 1.165) is 16.8 Å². The van der Waals surface area contributed by atoms with Crippen molar-refractivity contribution in [1.82, 2.24) is 0 Å². The summed E-state index contributed by atoms with van der Waals surface area (Å²) >= 11 is 0. The molecule has 0 saturated carbocycles. The fourth-order valence-corrected chi connectivity index (χ4v) is 2.68. The number of hydrogen-bond acceptors (Lipinski definition) is 5. The van der Waals surface area contributed by atoms with Crippen LogP contribution in [0.1, 0.15) is 45.7 Å². The molecule has 1 saturated heterocycles. The van der Waals surface area contributed by atoms with Crippen molar-refractivity contribution < 1.29 is 19.1 Å². The summed E-state index contributed by atoms with van der Waals surface area (Å²) < 4.78 is 10.5. The third-order valence-electron chi connectivity index (χ3n) is 4.68. The van der Waals surface area contributed by atoms with Crippen LogP contribution < -0.4 is 0 Å². The number of oxime groups is 1. The number of esters is 1. The number of nitrogens with zero attached hydrogens (tertiary/aromatic N) is 1. The van der Waals surface area contributed by atoms with Gasteiger partial charge < -0.3 is 14.3 Å². The maximum absolute atomic E-state index is 11.9. The molecule has 0 radical (unpaired) electrons. The van der Waals surface area contributed by atoms with Gasteiger partial charge in [-0.15, -0.1) is 0 Å². The number of epoxide rings is 1. The minimum atomic E-state index is -0.382. The van der Waals surface area contributed by atoms with Crippen molar-refractivity contribution in [3.05, 3.63) is 41.5 Å². The summed E-state index contributed by atoms with van der Waals surface area (Å²) in [6, 6.07) is 7.56. The molecule has 1 aromatic carbocycles. The monoisotopic (exact) mass is 331 g/mol. The number of benzene rings is 1. The Labute approximate surface area is 143 Å². The van der Waals surface area contributed by atoms with E-state index in [-0.39, 0.29) is 23.8 Å². The van der Waals surface area contributed by atoms with Gasteiger partial charge in [-0.2, -0.15) is 0 Å². The highest BCUT2D eigenvalue weighted by atomic mass is 16.6. The van der Waals surface area contributed by atoms with E-state index in [1.807, 2.05) is 52.0 Å². The number of ether oxygens (including phenoxy) is 2. The Balaban J connectivity index is 2.13. The number of hydrogen-bond donors (Lipinski definition) is 0. The van der Waals surface area contributed by atoms with Crippen LogP contribution >= 0.6 is 0 Å². The van der Waals surface area contributed by atoms with Crippen LogP contribution in [0.25, 0.3) is 5.57 Å². The van der Waals surface area contributed by atoms with Crippen LogP contribution in [0.5, 0.6) is 0 Å². The third kappa shape index (κ3) is 3.36. The van der Waals surface area contributed by atoms with E-state index >= 15 is 0 Å². The maximum atomic E-state index is 11.9. The second-order valence-electron chi connectivity index (χ2n) is 6.45. The van der Waals surface area contributed by atoms with Gasteiger partial charge in [-0.1, -0.05) is 35.5 Å². The Hall–Kier alpha value is -2.14. The minimum absolute atomic E-state index is 0.217. The SMILES string of the molecule is C/C=C(/C(=O)OC)c1ccccc1CO/N=C(\C)C1(C)OC1(C)C. The Kier molecular flexibility index (Phi) is 5.13. The molecule has 0 aliphatic carbocycles. The molecule has 1 unspecified atom stereocenters. The van der Waals surface area contributed by atoms with Crippen LogP contribution in [0.15, 0.2) is 35.5 Å². The topological polar surface area (TPSA) is 60.4 Å². The van der Waals surface area contributed by atoms with Gasteiger partial charge in [0, 0.05) is 5.56 Å². The first-order valence-corrected chi connectivity index (χ1v) is 7.97. The molecular weight excluding hydrogens is 306 g/mol. The molecule has 0 aromatic heterocycles. The highest BCUT2D eigenvalue weighted by molar-refractivity contribution is 6.16. The Morgan fingerprint density at radius 2 is 1.92 bits per heavy atom. The summed E-state index contributed by atoms with van der Waals surface area (Å²) in [5.41, 5.74) is 2.36. The highest BCUT2D eigenvalue weighted by Crippen LogP contribution is 2.48. The molecule has 1 atom stereocenters. The van der Waals surface area contributed by atoms with E-state index in [0.29, 0.717) is 5.57 Å². The predicted octanol–water partition coefficient (Wildman–Crippen LogP) is 3.72. The predicted molar refractivity (Wildman–Crippen MR) is 93.6 cm³/mol. The van der Waals surface area contributed by atoms with Crippen LogP contribution in [0.2, 0.25) is 0 Å². The molecule has 5 nitrogen and oxygen atoms in total. The number of methoxy groups -OCH3 is 1. The van der Waals surface area contributed by atoms with E-state index in [1.54, 1.807) is 13.0 Å². The van der Waals surface area contributed by atoms with Crippen molar-refractivity contribution in [3.63, 3.8) is 0 Å². The lowest BCUT2D eigenvalue weighted by Crippen LogP contribution is -2.25. The van der Waals surface area contributed by atoms with E-state index in [4.69, 9.17) is 14.3 Å². The number of carbonyl (C=O) groups is 1. The molecule has 1 aromatic rings. The zero-order valence-electron chi connectivity index (χ0n) is 15.2. The van der Waals surface area contributed by atoms with Gasteiger partial charge in [0.05, 0.1) is 24.0 Å². The van der Waals surface area contributed by atoms with Crippen molar-refractivity contribution in [2.45, 2.75) is 52.4 Å². The van der Waals surface area contributed by atoms with E-state index in [1.165, 1.54) is 7.11 Å². The molecular formula is C19H25NO4. The first-order chi connectivity index (χ1) is 11.3. The first kappa shape index (κ1) is 18.2. The molecule has 0 bridgehead atoms. The molecule has 2 rings (SSSR count). The van der Waals surface area contributed by atoms with E-state index in [2.05, 4.69) is 5.16 Å². The Morgan fingerprint density at radius 3 is 2.46 bits per heavy atom. The first-order valence-electron chi connectivity index (χ1n) is 7.97. The quantitative estimate of drug-likeness (QED) is 0.262. The van der Waals surface area contributed by atoms with Gasteiger partial charge in [0.15, 0.2) is 0 Å². The van der Waals surface area contributed by atoms with Crippen LogP contribution in [0, 0.1) is 0 Å². The zero-order valence-corrected chi connectivity index (χ0v) is 15.2. The van der Waals surface area contributed by atoms with E-state index in [9.17, 15) is 4.79 Å². The van der Waals surface area contributed by atoms with Crippen molar-refractivity contribution in [3.8, 4) is 0 Å². The second kappa shape index (κ2) is 6.77. The molecule has 1 aliphatic rings. The van der Waals surface area contributed by atoms with Crippen molar-refractivity contribution in [2.24, 2.45) is 5.16 Å². The van der Waals surface area contributed by atoms with Gasteiger partial charge >= 0.3 is 5.97 Å². The zero-order chi connectivity index (χ0) is 18.0. The van der Waals surface area contributed by atoms with Crippen molar-refractivity contribution in [2.75, 3.05) is 7.11 Å². The normalized spacial score (nSPS) is 22.9.